The van der Waals surface area contributed by atoms with Crippen molar-refractivity contribution in [2.75, 3.05) is 20.6 Å². The predicted molar refractivity (Wildman–Crippen MR) is 213 cm³/mol. The molecule has 2 N–H and O–H groups in total. The van der Waals surface area contributed by atoms with E-state index in [1.165, 1.54) is 0 Å². The van der Waals surface area contributed by atoms with Crippen molar-refractivity contribution in [1.29, 1.82) is 0 Å². The van der Waals surface area contributed by atoms with E-state index in [1.54, 1.807) is 0 Å². The van der Waals surface area contributed by atoms with Crippen molar-refractivity contribution >= 4 is 29.2 Å². The lowest BCUT2D eigenvalue weighted by atomic mass is 9.87. The van der Waals surface area contributed by atoms with Gasteiger partial charge in [0.2, 0.25) is 11.8 Å². The minimum absolute atomic E-state index is 0.0685. The summed E-state index contributed by atoms with van der Waals surface area (Å²) in [5.74, 6) is -1.64. The van der Waals surface area contributed by atoms with Crippen molar-refractivity contribution in [2.24, 2.45) is 29.1 Å². The van der Waals surface area contributed by atoms with Crippen LogP contribution < -0.4 is 10.6 Å². The van der Waals surface area contributed by atoms with E-state index in [1.807, 2.05) is 109 Å². The molecule has 53 heavy (non-hydrogen) atoms. The van der Waals surface area contributed by atoms with Gasteiger partial charge >= 0.3 is 0 Å². The van der Waals surface area contributed by atoms with Gasteiger partial charge in [-0.1, -0.05) is 102 Å². The van der Waals surface area contributed by atoms with Crippen LogP contribution in [0.15, 0.2) is 60.7 Å². The number of aryl methyl sites for hydroxylation is 1. The highest BCUT2D eigenvalue weighted by Gasteiger charge is 2.48. The molecule has 0 saturated heterocycles. The highest BCUT2D eigenvalue weighted by atomic mass is 16.2. The second-order valence-corrected chi connectivity index (χ2v) is 16.9. The van der Waals surface area contributed by atoms with E-state index in [2.05, 4.69) is 15.5 Å². The summed E-state index contributed by atoms with van der Waals surface area (Å²) in [4.78, 5) is 71.2. The van der Waals surface area contributed by atoms with E-state index in [0.717, 1.165) is 49.8 Å². The summed E-state index contributed by atoms with van der Waals surface area (Å²) in [6, 6.07) is 18.1. The second-order valence-electron chi connectivity index (χ2n) is 16.9. The Hall–Kier alpha value is -3.65. The molecule has 3 rings (SSSR count). The van der Waals surface area contributed by atoms with E-state index in [9.17, 15) is 24.0 Å². The fourth-order valence-electron chi connectivity index (χ4n) is 7.04. The number of hydrogen-bond donors (Lipinski definition) is 2. The standard InChI is InChI=1S/C45H67N3O5/c1-32(2)27-39(46-43(52)36(23-22-34-17-11-8-12-18-34)30-38(49)21-15-10-16-26-48(6)7)41(50)31-37(29-35-19-13-9-14-20-35)44(53)47-40(28-33(3)4)42(51)45(5)24-25-45/h8-9,11-14,17-20,32-33,36-37,39-40H,10,15-16,21-31H2,1-7H3,(H,46,52)(H,47,53)/t36?,37-,39+,40+/m1/s1. The number of benzene rings is 2. The van der Waals surface area contributed by atoms with Crippen LogP contribution in [0.25, 0.3) is 0 Å². The Morgan fingerprint density at radius 3 is 1.81 bits per heavy atom. The van der Waals surface area contributed by atoms with Crippen molar-refractivity contribution in [3.05, 3.63) is 71.8 Å². The lowest BCUT2D eigenvalue weighted by molar-refractivity contribution is -0.135. The van der Waals surface area contributed by atoms with Gasteiger partial charge in [0, 0.05) is 36.5 Å². The van der Waals surface area contributed by atoms with Crippen LogP contribution >= 0.6 is 0 Å². The van der Waals surface area contributed by atoms with Crippen molar-refractivity contribution < 1.29 is 24.0 Å². The number of hydrogen-bond acceptors (Lipinski definition) is 6. The lowest BCUT2D eigenvalue weighted by Gasteiger charge is -2.27. The first-order valence-corrected chi connectivity index (χ1v) is 20.1. The van der Waals surface area contributed by atoms with Crippen LogP contribution in [-0.2, 0) is 36.8 Å². The molecule has 292 valence electrons. The molecule has 2 aromatic carbocycles. The average Bonchev–Trinajstić information content (AvgIpc) is 3.87. The summed E-state index contributed by atoms with van der Waals surface area (Å²) in [7, 11) is 4.08. The molecule has 1 unspecified atom stereocenters. The summed E-state index contributed by atoms with van der Waals surface area (Å²) in [5.41, 5.74) is 1.62. The topological polar surface area (TPSA) is 113 Å². The first kappa shape index (κ1) is 43.8. The number of amides is 2. The molecule has 4 atom stereocenters. The predicted octanol–water partition coefficient (Wildman–Crippen LogP) is 7.57. The Balaban J connectivity index is 1.78. The molecular formula is C45H67N3O5. The molecule has 2 aromatic rings. The summed E-state index contributed by atoms with van der Waals surface area (Å²) in [6.45, 7) is 11.0. The fraction of sp³-hybridized carbons (Fsp3) is 0.622. The Labute approximate surface area is 319 Å². The third-order valence-electron chi connectivity index (χ3n) is 10.5. The SMILES string of the molecule is CC(C)C[C@H](NC(=O)C(CCc1ccccc1)CC(=O)CCCCCN(C)C)C(=O)C[C@@H](Cc1ccccc1)C(=O)N[C@@H](CC(C)C)C(=O)C1(C)CC1. The Morgan fingerprint density at radius 1 is 0.698 bits per heavy atom. The maximum Gasteiger partial charge on any atom is 0.224 e. The van der Waals surface area contributed by atoms with Gasteiger partial charge in [0.15, 0.2) is 11.6 Å². The molecule has 0 aliphatic heterocycles. The number of nitrogens with one attached hydrogen (secondary N) is 2. The van der Waals surface area contributed by atoms with Gasteiger partial charge in [-0.3, -0.25) is 24.0 Å². The number of carbonyl (C=O) groups is 5. The van der Waals surface area contributed by atoms with Gasteiger partial charge in [0.25, 0.3) is 0 Å². The number of nitrogens with zero attached hydrogens (tertiary/aromatic N) is 1. The van der Waals surface area contributed by atoms with Crippen LogP contribution in [-0.4, -0.2) is 66.8 Å². The van der Waals surface area contributed by atoms with Gasteiger partial charge in [-0.25, -0.2) is 0 Å². The molecule has 0 heterocycles. The quantitative estimate of drug-likeness (QED) is 0.0967. The first-order chi connectivity index (χ1) is 25.2. The van der Waals surface area contributed by atoms with E-state index in [4.69, 9.17) is 0 Å². The van der Waals surface area contributed by atoms with Gasteiger partial charge in [-0.2, -0.15) is 0 Å². The number of ketones is 3. The summed E-state index contributed by atoms with van der Waals surface area (Å²) in [5, 5.41) is 6.14. The molecule has 8 heteroatoms. The van der Waals surface area contributed by atoms with Gasteiger partial charge in [0.1, 0.15) is 5.78 Å². The molecule has 2 amide bonds. The van der Waals surface area contributed by atoms with Crippen LogP contribution in [0.3, 0.4) is 0 Å². The van der Waals surface area contributed by atoms with Crippen LogP contribution in [0.2, 0.25) is 0 Å². The van der Waals surface area contributed by atoms with Crippen molar-refractivity contribution in [3.8, 4) is 0 Å². The van der Waals surface area contributed by atoms with Gasteiger partial charge < -0.3 is 15.5 Å². The van der Waals surface area contributed by atoms with Gasteiger partial charge in [-0.15, -0.1) is 0 Å². The van der Waals surface area contributed by atoms with E-state index >= 15 is 0 Å². The second kappa shape index (κ2) is 21.9. The third kappa shape index (κ3) is 16.1. The summed E-state index contributed by atoms with van der Waals surface area (Å²) in [6.07, 6.45) is 7.36. The third-order valence-corrected chi connectivity index (χ3v) is 10.5. The maximum atomic E-state index is 14.2. The molecule has 8 nitrogen and oxygen atoms in total. The Bertz CT molecular complexity index is 1450. The largest absolute Gasteiger partial charge is 0.346 e. The van der Waals surface area contributed by atoms with Crippen LogP contribution in [0, 0.1) is 29.1 Å². The molecule has 1 aliphatic rings. The summed E-state index contributed by atoms with van der Waals surface area (Å²) < 4.78 is 0. The van der Waals surface area contributed by atoms with Gasteiger partial charge in [-0.05, 0) is 101 Å². The molecule has 1 aliphatic carbocycles. The molecule has 1 fully saturated rings. The van der Waals surface area contributed by atoms with Crippen molar-refractivity contribution in [1.82, 2.24) is 15.5 Å². The zero-order valence-electron chi connectivity index (χ0n) is 33.6. The molecule has 0 spiro atoms. The molecule has 1 saturated carbocycles. The Morgan fingerprint density at radius 2 is 1.25 bits per heavy atom. The Kier molecular flexibility index (Phi) is 18.1. The number of Topliss-reactive ketones (excluding diaryl/α,β-unsaturated/α-hetero) is 3. The maximum absolute atomic E-state index is 14.2. The number of rotatable bonds is 26. The van der Waals surface area contributed by atoms with E-state index < -0.39 is 29.3 Å². The minimum atomic E-state index is -0.799. The number of unbranched alkanes of at least 4 members (excludes halogenated alkanes) is 2. The molecular weight excluding hydrogens is 663 g/mol. The van der Waals surface area contributed by atoms with Crippen molar-refractivity contribution in [3.63, 3.8) is 0 Å². The van der Waals surface area contributed by atoms with E-state index in [0.29, 0.717) is 38.5 Å². The monoisotopic (exact) mass is 730 g/mol. The highest BCUT2D eigenvalue weighted by molar-refractivity contribution is 5.97. The smallest absolute Gasteiger partial charge is 0.224 e. The van der Waals surface area contributed by atoms with Gasteiger partial charge in [0.05, 0.1) is 12.1 Å². The average molecular weight is 730 g/mol. The lowest BCUT2D eigenvalue weighted by Crippen LogP contribution is -2.49. The molecule has 0 bridgehead atoms. The molecule has 0 radical (unpaired) electrons. The normalized spacial score (nSPS) is 15.8. The number of carbonyl (C=O) groups excluding carboxylic acids is 5. The summed E-state index contributed by atoms with van der Waals surface area (Å²) >= 11 is 0. The fourth-order valence-corrected chi connectivity index (χ4v) is 7.04. The van der Waals surface area contributed by atoms with Crippen LogP contribution in [0.5, 0.6) is 0 Å². The van der Waals surface area contributed by atoms with E-state index in [-0.39, 0.29) is 53.8 Å². The molecule has 0 aromatic heterocycles. The zero-order valence-corrected chi connectivity index (χ0v) is 33.6. The van der Waals surface area contributed by atoms with Crippen LogP contribution in [0.1, 0.15) is 116 Å². The minimum Gasteiger partial charge on any atom is -0.346 e. The first-order valence-electron chi connectivity index (χ1n) is 20.1. The van der Waals surface area contributed by atoms with Crippen LogP contribution in [0.4, 0.5) is 0 Å². The zero-order chi connectivity index (χ0) is 39.0. The van der Waals surface area contributed by atoms with Crippen molar-refractivity contribution in [2.45, 2.75) is 130 Å². The highest BCUT2D eigenvalue weighted by Crippen LogP contribution is 2.47.